The first-order valence-corrected chi connectivity index (χ1v) is 15.2. The molecule has 1 unspecified atom stereocenters. The number of amides is 2. The van der Waals surface area contributed by atoms with Gasteiger partial charge in [-0.3, -0.25) is 13.9 Å². The molecule has 7 nitrogen and oxygen atoms in total. The van der Waals surface area contributed by atoms with Gasteiger partial charge >= 0.3 is 0 Å². The Labute approximate surface area is 240 Å². The van der Waals surface area contributed by atoms with Crippen LogP contribution in [0.5, 0.6) is 0 Å². The second-order valence-corrected chi connectivity index (χ2v) is 12.1. The van der Waals surface area contributed by atoms with Gasteiger partial charge in [0.15, 0.2) is 0 Å². The van der Waals surface area contributed by atoms with Gasteiger partial charge in [-0.2, -0.15) is 0 Å². The van der Waals surface area contributed by atoms with Crippen molar-refractivity contribution in [1.29, 1.82) is 0 Å². The quantitative estimate of drug-likeness (QED) is 0.313. The zero-order valence-electron chi connectivity index (χ0n) is 22.2. The molecular weight excluding hydrogens is 557 g/mol. The summed E-state index contributed by atoms with van der Waals surface area (Å²) in [6.45, 7) is 3.90. The predicted octanol–water partition coefficient (Wildman–Crippen LogP) is 5.23. The largest absolute Gasteiger partial charge is 0.354 e. The van der Waals surface area contributed by atoms with E-state index in [4.69, 9.17) is 23.2 Å². The van der Waals surface area contributed by atoms with Crippen LogP contribution < -0.4 is 9.62 Å². The zero-order valence-corrected chi connectivity index (χ0v) is 24.6. The second kappa shape index (κ2) is 13.8. The number of nitrogens with zero attached hydrogens (tertiary/aromatic N) is 2. The summed E-state index contributed by atoms with van der Waals surface area (Å²) in [5, 5.41) is 3.34. The summed E-state index contributed by atoms with van der Waals surface area (Å²) >= 11 is 12.4. The van der Waals surface area contributed by atoms with Crippen molar-refractivity contribution >= 4 is 50.7 Å². The molecule has 3 aromatic rings. The number of carbonyl (C=O) groups excluding carboxylic acids is 2. The molecule has 0 spiro atoms. The lowest BCUT2D eigenvalue weighted by Gasteiger charge is -2.34. The lowest BCUT2D eigenvalue weighted by molar-refractivity contribution is -0.140. The third-order valence-corrected chi connectivity index (χ3v) is 7.94. The van der Waals surface area contributed by atoms with E-state index >= 15 is 0 Å². The molecule has 0 aromatic heterocycles. The first kappa shape index (κ1) is 30.5. The highest BCUT2D eigenvalue weighted by Gasteiger charge is 2.33. The number of halogens is 2. The Morgan fingerprint density at radius 1 is 0.974 bits per heavy atom. The molecule has 3 rings (SSSR count). The van der Waals surface area contributed by atoms with Crippen LogP contribution in [-0.2, 0) is 32.6 Å². The minimum Gasteiger partial charge on any atom is -0.354 e. The molecule has 1 N–H and O–H groups in total. The molecule has 10 heteroatoms. The van der Waals surface area contributed by atoms with E-state index in [2.05, 4.69) is 5.32 Å². The van der Waals surface area contributed by atoms with Crippen LogP contribution in [0.15, 0.2) is 72.8 Å². The maximum Gasteiger partial charge on any atom is 0.244 e. The Morgan fingerprint density at radius 3 is 2.26 bits per heavy atom. The summed E-state index contributed by atoms with van der Waals surface area (Å²) in [4.78, 5) is 29.0. The van der Waals surface area contributed by atoms with Crippen LogP contribution in [0.1, 0.15) is 30.0 Å². The second-order valence-electron chi connectivity index (χ2n) is 9.31. The molecule has 0 saturated heterocycles. The van der Waals surface area contributed by atoms with Gasteiger partial charge in [0.1, 0.15) is 12.6 Å². The van der Waals surface area contributed by atoms with Crippen LogP contribution in [0.25, 0.3) is 0 Å². The minimum absolute atomic E-state index is 0.0905. The van der Waals surface area contributed by atoms with E-state index in [0.717, 1.165) is 33.7 Å². The summed E-state index contributed by atoms with van der Waals surface area (Å²) in [7, 11) is -3.92. The molecule has 0 saturated carbocycles. The van der Waals surface area contributed by atoms with Gasteiger partial charge in [0, 0.05) is 24.5 Å². The van der Waals surface area contributed by atoms with E-state index < -0.39 is 28.5 Å². The topological polar surface area (TPSA) is 86.8 Å². The lowest BCUT2D eigenvalue weighted by atomic mass is 10.0. The Balaban J connectivity index is 2.07. The average Bonchev–Trinajstić information content (AvgIpc) is 2.89. The fourth-order valence-electron chi connectivity index (χ4n) is 4.17. The molecule has 0 aliphatic heterocycles. The van der Waals surface area contributed by atoms with Crippen molar-refractivity contribution in [3.8, 4) is 0 Å². The van der Waals surface area contributed by atoms with Crippen molar-refractivity contribution in [2.24, 2.45) is 0 Å². The van der Waals surface area contributed by atoms with E-state index in [9.17, 15) is 18.0 Å². The van der Waals surface area contributed by atoms with E-state index in [0.29, 0.717) is 11.6 Å². The fourth-order valence-corrected chi connectivity index (χ4v) is 5.59. The van der Waals surface area contributed by atoms with Gasteiger partial charge in [-0.1, -0.05) is 84.7 Å². The van der Waals surface area contributed by atoms with Crippen molar-refractivity contribution in [1.82, 2.24) is 10.2 Å². The minimum atomic E-state index is -3.92. The summed E-state index contributed by atoms with van der Waals surface area (Å²) in [5.41, 5.74) is 2.80. The third-order valence-electron chi connectivity index (χ3n) is 6.28. The monoisotopic (exact) mass is 589 g/mol. The van der Waals surface area contributed by atoms with E-state index in [1.165, 1.54) is 23.1 Å². The van der Waals surface area contributed by atoms with Crippen LogP contribution >= 0.6 is 23.2 Å². The predicted molar refractivity (Wildman–Crippen MR) is 158 cm³/mol. The molecule has 39 heavy (non-hydrogen) atoms. The van der Waals surface area contributed by atoms with E-state index in [1.807, 2.05) is 68.4 Å². The van der Waals surface area contributed by atoms with Crippen molar-refractivity contribution in [2.75, 3.05) is 23.7 Å². The van der Waals surface area contributed by atoms with Gasteiger partial charge in [0.25, 0.3) is 0 Å². The lowest BCUT2D eigenvalue weighted by Crippen LogP contribution is -2.53. The van der Waals surface area contributed by atoms with Crippen molar-refractivity contribution in [2.45, 2.75) is 39.3 Å². The molecule has 3 aromatic carbocycles. The molecular formula is C29H33Cl2N3O4S. The van der Waals surface area contributed by atoms with Crippen molar-refractivity contribution in [3.05, 3.63) is 99.5 Å². The molecule has 0 fully saturated rings. The van der Waals surface area contributed by atoms with Gasteiger partial charge in [-0.15, -0.1) is 0 Å². The molecule has 0 aliphatic rings. The number of hydrogen-bond donors (Lipinski definition) is 1. The highest BCUT2D eigenvalue weighted by atomic mass is 35.5. The Kier molecular flexibility index (Phi) is 10.8. The van der Waals surface area contributed by atoms with E-state index in [-0.39, 0.29) is 29.6 Å². The standard InChI is InChI=1S/C29H33Cl2N3O4S/c1-4-16-32-29(36)27(17-22-11-6-5-7-12-22)33(19-23-13-9-8-10-21(23)2)28(35)20-34(39(3,37)38)26-15-14-24(30)18-25(26)31/h5-15,18,27H,4,16-17,19-20H2,1-3H3,(H,32,36). The molecule has 1 atom stereocenters. The van der Waals surface area contributed by atoms with Crippen LogP contribution in [0.4, 0.5) is 5.69 Å². The maximum absolute atomic E-state index is 14.0. The third kappa shape index (κ3) is 8.46. The number of carbonyl (C=O) groups is 2. The molecule has 208 valence electrons. The molecule has 0 heterocycles. The summed E-state index contributed by atoms with van der Waals surface area (Å²) in [5.74, 6) is -0.847. The van der Waals surface area contributed by atoms with Crippen molar-refractivity contribution < 1.29 is 18.0 Å². The summed E-state index contributed by atoms with van der Waals surface area (Å²) in [6.07, 6.45) is 1.99. The smallest absolute Gasteiger partial charge is 0.244 e. The summed E-state index contributed by atoms with van der Waals surface area (Å²) in [6, 6.07) is 20.5. The molecule has 0 radical (unpaired) electrons. The molecule has 0 aliphatic carbocycles. The van der Waals surface area contributed by atoms with Crippen LogP contribution in [0.3, 0.4) is 0 Å². The average molecular weight is 591 g/mol. The fraction of sp³-hybridized carbons (Fsp3) is 0.310. The Bertz CT molecular complexity index is 1400. The van der Waals surface area contributed by atoms with Crippen LogP contribution in [0, 0.1) is 6.92 Å². The maximum atomic E-state index is 14.0. The SMILES string of the molecule is CCCNC(=O)C(Cc1ccccc1)N(Cc1ccccc1C)C(=O)CN(c1ccc(Cl)cc1Cl)S(C)(=O)=O. The highest BCUT2D eigenvalue weighted by molar-refractivity contribution is 7.92. The number of rotatable bonds is 12. The number of hydrogen-bond acceptors (Lipinski definition) is 4. The number of sulfonamides is 1. The molecule has 2 amide bonds. The van der Waals surface area contributed by atoms with Gasteiger partial charge in [0.05, 0.1) is 17.0 Å². The number of anilines is 1. The van der Waals surface area contributed by atoms with E-state index in [1.54, 1.807) is 0 Å². The van der Waals surface area contributed by atoms with Gasteiger partial charge < -0.3 is 10.2 Å². The van der Waals surface area contributed by atoms with Crippen LogP contribution in [-0.4, -0.2) is 50.5 Å². The highest BCUT2D eigenvalue weighted by Crippen LogP contribution is 2.30. The zero-order chi connectivity index (χ0) is 28.6. The molecule has 0 bridgehead atoms. The van der Waals surface area contributed by atoms with Gasteiger partial charge in [-0.05, 0) is 48.2 Å². The number of benzene rings is 3. The van der Waals surface area contributed by atoms with Crippen LogP contribution in [0.2, 0.25) is 10.0 Å². The first-order chi connectivity index (χ1) is 18.5. The van der Waals surface area contributed by atoms with Crippen molar-refractivity contribution in [3.63, 3.8) is 0 Å². The summed E-state index contributed by atoms with van der Waals surface area (Å²) < 4.78 is 26.7. The number of nitrogens with one attached hydrogen (secondary N) is 1. The first-order valence-electron chi connectivity index (χ1n) is 12.6. The van der Waals surface area contributed by atoms with Gasteiger partial charge in [0.2, 0.25) is 21.8 Å². The number of aryl methyl sites for hydroxylation is 1. The Hall–Kier alpha value is -3.07. The Morgan fingerprint density at radius 2 is 1.64 bits per heavy atom. The normalized spacial score (nSPS) is 12.0. The van der Waals surface area contributed by atoms with Gasteiger partial charge in [-0.25, -0.2) is 8.42 Å².